The molecule has 1 unspecified atom stereocenters. The summed E-state index contributed by atoms with van der Waals surface area (Å²) < 4.78 is 4.51. The van der Waals surface area contributed by atoms with Crippen molar-refractivity contribution in [3.05, 3.63) is 12.2 Å². The van der Waals surface area contributed by atoms with E-state index in [0.29, 0.717) is 6.42 Å². The Balaban J connectivity index is 4.18. The van der Waals surface area contributed by atoms with Crippen molar-refractivity contribution in [2.45, 2.75) is 26.7 Å². The van der Waals surface area contributed by atoms with E-state index in [-0.39, 0.29) is 5.78 Å². The van der Waals surface area contributed by atoms with Crippen LogP contribution in [0.3, 0.4) is 0 Å². The molecule has 1 atom stereocenters. The first-order valence-corrected chi connectivity index (χ1v) is 4.36. The molecule has 0 aliphatic carbocycles. The highest BCUT2D eigenvalue weighted by Crippen LogP contribution is 2.08. The number of hydrogen-bond acceptors (Lipinski definition) is 3. The Morgan fingerprint density at radius 1 is 1.38 bits per heavy atom. The molecule has 0 rings (SSSR count). The smallest absolute Gasteiger partial charge is 0.316 e. The lowest BCUT2D eigenvalue weighted by Crippen LogP contribution is -2.22. The average Bonchev–Trinajstić information content (AvgIpc) is 2.11. The maximum Gasteiger partial charge on any atom is 0.316 e. The van der Waals surface area contributed by atoms with Gasteiger partial charge in [0, 0.05) is 0 Å². The Kier molecular flexibility index (Phi) is 5.85. The normalized spacial score (nSPS) is 12.8. The molecule has 0 aromatic rings. The highest BCUT2D eigenvalue weighted by atomic mass is 16.5. The predicted molar refractivity (Wildman–Crippen MR) is 50.2 cm³/mol. The fraction of sp³-hybridized carbons (Fsp3) is 0.600. The summed E-state index contributed by atoms with van der Waals surface area (Å²) in [6.45, 7) is 3.40. The van der Waals surface area contributed by atoms with E-state index in [4.69, 9.17) is 0 Å². The van der Waals surface area contributed by atoms with Gasteiger partial charge in [0.2, 0.25) is 0 Å². The van der Waals surface area contributed by atoms with E-state index in [1.807, 2.05) is 19.1 Å². The lowest BCUT2D eigenvalue weighted by Gasteiger charge is -2.07. The van der Waals surface area contributed by atoms with E-state index in [2.05, 4.69) is 4.74 Å². The fourth-order valence-corrected chi connectivity index (χ4v) is 0.969. The molecule has 0 aliphatic rings. The Hall–Kier alpha value is -1.12. The van der Waals surface area contributed by atoms with Gasteiger partial charge in [0.15, 0.2) is 0 Å². The molecule has 0 saturated heterocycles. The standard InChI is InChI=1S/C10H16O3/c1-4-5-6-7-9(8(2)11)10(12)13-3/h5-6,9H,4,7H2,1-3H3/b6-5-. The summed E-state index contributed by atoms with van der Waals surface area (Å²) in [6, 6.07) is 0. The largest absolute Gasteiger partial charge is 0.468 e. The van der Waals surface area contributed by atoms with Crippen molar-refractivity contribution in [1.82, 2.24) is 0 Å². The van der Waals surface area contributed by atoms with Gasteiger partial charge >= 0.3 is 5.97 Å². The number of rotatable bonds is 5. The molecule has 0 radical (unpaired) electrons. The van der Waals surface area contributed by atoms with Crippen LogP contribution in [-0.4, -0.2) is 18.9 Å². The Morgan fingerprint density at radius 2 is 2.00 bits per heavy atom. The highest BCUT2D eigenvalue weighted by molar-refractivity contribution is 5.97. The zero-order chi connectivity index (χ0) is 10.3. The van der Waals surface area contributed by atoms with Crippen molar-refractivity contribution >= 4 is 11.8 Å². The predicted octanol–water partition coefficient (Wildman–Crippen LogP) is 1.72. The Labute approximate surface area is 78.8 Å². The van der Waals surface area contributed by atoms with Gasteiger partial charge in [0.25, 0.3) is 0 Å². The molecule has 0 N–H and O–H groups in total. The molecular formula is C10H16O3. The molecule has 3 heteroatoms. The van der Waals surface area contributed by atoms with Crippen LogP contribution in [0.1, 0.15) is 26.7 Å². The van der Waals surface area contributed by atoms with Crippen molar-refractivity contribution in [2.75, 3.05) is 7.11 Å². The molecule has 74 valence electrons. The second kappa shape index (κ2) is 6.40. The number of ketones is 1. The zero-order valence-electron chi connectivity index (χ0n) is 8.37. The molecule has 0 spiro atoms. The van der Waals surface area contributed by atoms with Crippen molar-refractivity contribution in [2.24, 2.45) is 5.92 Å². The van der Waals surface area contributed by atoms with E-state index in [0.717, 1.165) is 6.42 Å². The van der Waals surface area contributed by atoms with Crippen LogP contribution in [-0.2, 0) is 14.3 Å². The summed E-state index contributed by atoms with van der Waals surface area (Å²) in [7, 11) is 1.29. The monoisotopic (exact) mass is 184 g/mol. The minimum Gasteiger partial charge on any atom is -0.468 e. The maximum absolute atomic E-state index is 11.1. The van der Waals surface area contributed by atoms with Crippen LogP contribution in [0.2, 0.25) is 0 Å². The van der Waals surface area contributed by atoms with Gasteiger partial charge in [-0.1, -0.05) is 19.1 Å². The van der Waals surface area contributed by atoms with Crippen LogP contribution in [0.15, 0.2) is 12.2 Å². The Bertz CT molecular complexity index is 206. The summed E-state index contributed by atoms with van der Waals surface area (Å²) in [5, 5.41) is 0. The topological polar surface area (TPSA) is 43.4 Å². The van der Waals surface area contributed by atoms with Crippen LogP contribution < -0.4 is 0 Å². The first kappa shape index (κ1) is 11.9. The number of esters is 1. The lowest BCUT2D eigenvalue weighted by atomic mass is 10.0. The third kappa shape index (κ3) is 4.45. The SMILES string of the molecule is CC/C=C\CC(C(C)=O)C(=O)OC. The molecule has 0 bridgehead atoms. The van der Waals surface area contributed by atoms with Crippen LogP contribution >= 0.6 is 0 Å². The molecule has 0 saturated carbocycles. The first-order chi connectivity index (χ1) is 6.13. The molecule has 0 aliphatic heterocycles. The molecule has 0 heterocycles. The number of hydrogen-bond donors (Lipinski definition) is 0. The summed E-state index contributed by atoms with van der Waals surface area (Å²) in [6.07, 6.45) is 5.11. The lowest BCUT2D eigenvalue weighted by molar-refractivity contribution is -0.148. The molecular weight excluding hydrogens is 168 g/mol. The molecule has 3 nitrogen and oxygen atoms in total. The minimum absolute atomic E-state index is 0.146. The number of ether oxygens (including phenoxy) is 1. The van der Waals surface area contributed by atoms with Crippen LogP contribution in [0.4, 0.5) is 0 Å². The minimum atomic E-state index is -0.632. The molecule has 0 fully saturated rings. The molecule has 0 aromatic carbocycles. The van der Waals surface area contributed by atoms with E-state index in [1.54, 1.807) is 0 Å². The van der Waals surface area contributed by atoms with Gasteiger partial charge in [-0.3, -0.25) is 9.59 Å². The molecule has 0 aromatic heterocycles. The highest BCUT2D eigenvalue weighted by Gasteiger charge is 2.22. The number of methoxy groups -OCH3 is 1. The van der Waals surface area contributed by atoms with Gasteiger partial charge in [-0.05, 0) is 19.8 Å². The fourth-order valence-electron chi connectivity index (χ4n) is 0.969. The summed E-state index contributed by atoms with van der Waals surface area (Å²) >= 11 is 0. The number of carbonyl (C=O) groups is 2. The van der Waals surface area contributed by atoms with Gasteiger partial charge in [-0.2, -0.15) is 0 Å². The van der Waals surface area contributed by atoms with E-state index in [9.17, 15) is 9.59 Å². The number of carbonyl (C=O) groups excluding carboxylic acids is 2. The quantitative estimate of drug-likeness (QED) is 0.371. The maximum atomic E-state index is 11.1. The van der Waals surface area contributed by atoms with Crippen LogP contribution in [0.25, 0.3) is 0 Å². The van der Waals surface area contributed by atoms with Gasteiger partial charge in [0.05, 0.1) is 7.11 Å². The third-order valence-electron chi connectivity index (χ3n) is 1.75. The van der Waals surface area contributed by atoms with Gasteiger partial charge in [-0.15, -0.1) is 0 Å². The first-order valence-electron chi connectivity index (χ1n) is 4.36. The van der Waals surface area contributed by atoms with Crippen LogP contribution in [0.5, 0.6) is 0 Å². The molecule has 13 heavy (non-hydrogen) atoms. The molecule has 0 amide bonds. The number of allylic oxidation sites excluding steroid dienone is 2. The van der Waals surface area contributed by atoms with E-state index >= 15 is 0 Å². The second-order valence-corrected chi connectivity index (χ2v) is 2.80. The summed E-state index contributed by atoms with van der Waals surface area (Å²) in [4.78, 5) is 22.1. The van der Waals surface area contributed by atoms with Gasteiger partial charge < -0.3 is 4.74 Å². The van der Waals surface area contributed by atoms with Crippen molar-refractivity contribution in [3.8, 4) is 0 Å². The second-order valence-electron chi connectivity index (χ2n) is 2.80. The van der Waals surface area contributed by atoms with Crippen LogP contribution in [0, 0.1) is 5.92 Å². The van der Waals surface area contributed by atoms with Crippen molar-refractivity contribution in [3.63, 3.8) is 0 Å². The Morgan fingerprint density at radius 3 is 2.38 bits per heavy atom. The van der Waals surface area contributed by atoms with Gasteiger partial charge in [-0.25, -0.2) is 0 Å². The van der Waals surface area contributed by atoms with E-state index < -0.39 is 11.9 Å². The third-order valence-corrected chi connectivity index (χ3v) is 1.75. The average molecular weight is 184 g/mol. The summed E-state index contributed by atoms with van der Waals surface area (Å²) in [5.74, 6) is -1.23. The van der Waals surface area contributed by atoms with Crippen molar-refractivity contribution < 1.29 is 14.3 Å². The van der Waals surface area contributed by atoms with Gasteiger partial charge in [0.1, 0.15) is 11.7 Å². The van der Waals surface area contributed by atoms with E-state index in [1.165, 1.54) is 14.0 Å². The van der Waals surface area contributed by atoms with Crippen molar-refractivity contribution in [1.29, 1.82) is 0 Å². The number of Topliss-reactive ketones (excluding diaryl/α,β-unsaturated/α-hetero) is 1. The summed E-state index contributed by atoms with van der Waals surface area (Å²) in [5.41, 5.74) is 0. The zero-order valence-corrected chi connectivity index (χ0v) is 8.37.